The number of sulfonamides is 1. The minimum absolute atomic E-state index is 0.252. The molecule has 0 spiro atoms. The first-order valence-electron chi connectivity index (χ1n) is 6.35. The smallest absolute Gasteiger partial charge is 0.240 e. The molecule has 0 amide bonds. The van der Waals surface area contributed by atoms with E-state index in [0.717, 1.165) is 16.7 Å². The highest BCUT2D eigenvalue weighted by Gasteiger charge is 2.13. The van der Waals surface area contributed by atoms with E-state index in [-0.39, 0.29) is 11.4 Å². The Morgan fingerprint density at radius 3 is 2.05 bits per heavy atom. The highest BCUT2D eigenvalue weighted by Crippen LogP contribution is 2.11. The molecule has 2 aromatic carbocycles. The van der Waals surface area contributed by atoms with Crippen LogP contribution in [0.5, 0.6) is 0 Å². The van der Waals surface area contributed by atoms with E-state index in [4.69, 9.17) is 5.73 Å². The number of hydrogen-bond donors (Lipinski definition) is 2. The Kier molecular flexibility index (Phi) is 4.54. The van der Waals surface area contributed by atoms with Gasteiger partial charge in [0.1, 0.15) is 0 Å². The molecular formula is C15H18N2O2S. The Hall–Kier alpha value is -1.69. The molecule has 2 aromatic rings. The van der Waals surface area contributed by atoms with Gasteiger partial charge in [-0.1, -0.05) is 42.0 Å². The van der Waals surface area contributed by atoms with Crippen LogP contribution in [0, 0.1) is 6.92 Å². The van der Waals surface area contributed by atoms with Gasteiger partial charge in [0.15, 0.2) is 0 Å². The van der Waals surface area contributed by atoms with Gasteiger partial charge < -0.3 is 5.73 Å². The molecule has 3 N–H and O–H groups in total. The van der Waals surface area contributed by atoms with E-state index in [9.17, 15) is 8.42 Å². The van der Waals surface area contributed by atoms with Crippen molar-refractivity contribution >= 4 is 10.0 Å². The van der Waals surface area contributed by atoms with Crippen molar-refractivity contribution in [2.45, 2.75) is 24.9 Å². The lowest BCUT2D eigenvalue weighted by molar-refractivity contribution is 0.581. The average molecular weight is 290 g/mol. The number of benzene rings is 2. The Labute approximate surface area is 119 Å². The van der Waals surface area contributed by atoms with Crippen molar-refractivity contribution in [3.8, 4) is 0 Å². The lowest BCUT2D eigenvalue weighted by atomic mass is 10.2. The van der Waals surface area contributed by atoms with Gasteiger partial charge in [0.05, 0.1) is 4.90 Å². The molecule has 0 aliphatic heterocycles. The lowest BCUT2D eigenvalue weighted by Gasteiger charge is -2.08. The van der Waals surface area contributed by atoms with Gasteiger partial charge in [0.2, 0.25) is 10.0 Å². The maximum Gasteiger partial charge on any atom is 0.240 e. The first-order valence-corrected chi connectivity index (χ1v) is 7.84. The summed E-state index contributed by atoms with van der Waals surface area (Å²) in [4.78, 5) is 0.252. The SMILES string of the molecule is Cc1ccc(CNS(=O)(=O)c2ccc(CN)cc2)cc1. The van der Waals surface area contributed by atoms with Crippen LogP contribution in [0.2, 0.25) is 0 Å². The third-order valence-electron chi connectivity index (χ3n) is 3.06. The maximum atomic E-state index is 12.1. The molecule has 20 heavy (non-hydrogen) atoms. The molecule has 0 heterocycles. The van der Waals surface area contributed by atoms with Crippen LogP contribution in [0.3, 0.4) is 0 Å². The molecule has 0 fully saturated rings. The normalized spacial score (nSPS) is 11.5. The van der Waals surface area contributed by atoms with Crippen LogP contribution in [0.4, 0.5) is 0 Å². The van der Waals surface area contributed by atoms with Crippen molar-refractivity contribution < 1.29 is 8.42 Å². The van der Waals surface area contributed by atoms with Crippen LogP contribution in [0.25, 0.3) is 0 Å². The Balaban J connectivity index is 2.08. The predicted octanol–water partition coefficient (Wildman–Crippen LogP) is 1.93. The molecule has 0 saturated heterocycles. The van der Waals surface area contributed by atoms with Crippen LogP contribution in [0.15, 0.2) is 53.4 Å². The molecule has 0 unspecified atom stereocenters. The zero-order valence-corrected chi connectivity index (χ0v) is 12.2. The quantitative estimate of drug-likeness (QED) is 0.884. The highest BCUT2D eigenvalue weighted by molar-refractivity contribution is 7.89. The lowest BCUT2D eigenvalue weighted by Crippen LogP contribution is -2.23. The van der Waals surface area contributed by atoms with Gasteiger partial charge in [0.25, 0.3) is 0 Å². The monoisotopic (exact) mass is 290 g/mol. The topological polar surface area (TPSA) is 72.2 Å². The number of nitrogens with one attached hydrogen (secondary N) is 1. The maximum absolute atomic E-state index is 12.1. The molecule has 0 aliphatic carbocycles. The largest absolute Gasteiger partial charge is 0.326 e. The third kappa shape index (κ3) is 3.66. The van der Waals surface area contributed by atoms with E-state index in [1.165, 1.54) is 0 Å². The van der Waals surface area contributed by atoms with Crippen LogP contribution in [-0.2, 0) is 23.1 Å². The summed E-state index contributed by atoms with van der Waals surface area (Å²) < 4.78 is 26.8. The average Bonchev–Trinajstić information content (AvgIpc) is 2.47. The van der Waals surface area contributed by atoms with Crippen LogP contribution < -0.4 is 10.5 Å². The van der Waals surface area contributed by atoms with E-state index in [1.54, 1.807) is 24.3 Å². The summed E-state index contributed by atoms with van der Waals surface area (Å²) in [7, 11) is -3.48. The van der Waals surface area contributed by atoms with Gasteiger partial charge in [-0.3, -0.25) is 0 Å². The number of aryl methyl sites for hydroxylation is 1. The molecule has 0 saturated carbocycles. The molecular weight excluding hydrogens is 272 g/mol. The summed E-state index contributed by atoms with van der Waals surface area (Å²) in [6.45, 7) is 2.67. The molecule has 4 nitrogen and oxygen atoms in total. The molecule has 0 radical (unpaired) electrons. The zero-order chi connectivity index (χ0) is 14.6. The van der Waals surface area contributed by atoms with E-state index < -0.39 is 10.0 Å². The van der Waals surface area contributed by atoms with E-state index in [0.29, 0.717) is 6.54 Å². The minimum Gasteiger partial charge on any atom is -0.326 e. The van der Waals surface area contributed by atoms with Gasteiger partial charge in [-0.15, -0.1) is 0 Å². The standard InChI is InChI=1S/C15H18N2O2S/c1-12-2-4-14(5-3-12)11-17-20(18,19)15-8-6-13(10-16)7-9-15/h2-9,17H,10-11,16H2,1H3. The van der Waals surface area contributed by atoms with E-state index in [2.05, 4.69) is 4.72 Å². The Bertz CT molecular complexity index is 662. The molecule has 106 valence electrons. The number of rotatable bonds is 5. The highest BCUT2D eigenvalue weighted by atomic mass is 32.2. The van der Waals surface area contributed by atoms with Crippen molar-refractivity contribution in [2.75, 3.05) is 0 Å². The van der Waals surface area contributed by atoms with Gasteiger partial charge in [-0.2, -0.15) is 0 Å². The second-order valence-electron chi connectivity index (χ2n) is 4.66. The molecule has 0 aliphatic rings. The zero-order valence-electron chi connectivity index (χ0n) is 11.3. The van der Waals surface area contributed by atoms with Gasteiger partial charge in [-0.05, 0) is 30.2 Å². The second kappa shape index (κ2) is 6.17. The summed E-state index contributed by atoms with van der Waals surface area (Å²) in [6.07, 6.45) is 0. The molecule has 0 aromatic heterocycles. The second-order valence-corrected chi connectivity index (χ2v) is 6.43. The number of nitrogens with two attached hydrogens (primary N) is 1. The van der Waals surface area contributed by atoms with E-state index in [1.807, 2.05) is 31.2 Å². The van der Waals surface area contributed by atoms with Gasteiger partial charge in [0, 0.05) is 13.1 Å². The van der Waals surface area contributed by atoms with Crippen LogP contribution in [0.1, 0.15) is 16.7 Å². The fourth-order valence-electron chi connectivity index (χ4n) is 1.77. The van der Waals surface area contributed by atoms with Crippen molar-refractivity contribution in [1.82, 2.24) is 4.72 Å². The molecule has 5 heteroatoms. The fourth-order valence-corrected chi connectivity index (χ4v) is 2.79. The van der Waals surface area contributed by atoms with Crippen molar-refractivity contribution in [3.05, 3.63) is 65.2 Å². The van der Waals surface area contributed by atoms with Gasteiger partial charge >= 0.3 is 0 Å². The summed E-state index contributed by atoms with van der Waals surface area (Å²) in [5.41, 5.74) is 8.47. The van der Waals surface area contributed by atoms with Gasteiger partial charge in [-0.25, -0.2) is 13.1 Å². The summed E-state index contributed by atoms with van der Waals surface area (Å²) in [6, 6.07) is 14.3. The minimum atomic E-state index is -3.48. The summed E-state index contributed by atoms with van der Waals surface area (Å²) in [5.74, 6) is 0. The van der Waals surface area contributed by atoms with Crippen molar-refractivity contribution in [3.63, 3.8) is 0 Å². The fraction of sp³-hybridized carbons (Fsp3) is 0.200. The first-order chi connectivity index (χ1) is 9.51. The van der Waals surface area contributed by atoms with Crippen molar-refractivity contribution in [1.29, 1.82) is 0 Å². The molecule has 0 bridgehead atoms. The summed E-state index contributed by atoms with van der Waals surface area (Å²) >= 11 is 0. The van der Waals surface area contributed by atoms with Crippen LogP contribution in [-0.4, -0.2) is 8.42 Å². The molecule has 2 rings (SSSR count). The molecule has 0 atom stereocenters. The Morgan fingerprint density at radius 2 is 1.50 bits per heavy atom. The predicted molar refractivity (Wildman–Crippen MR) is 79.5 cm³/mol. The first kappa shape index (κ1) is 14.7. The summed E-state index contributed by atoms with van der Waals surface area (Å²) in [5, 5.41) is 0. The number of hydrogen-bond acceptors (Lipinski definition) is 3. The van der Waals surface area contributed by atoms with Crippen LogP contribution >= 0.6 is 0 Å². The van der Waals surface area contributed by atoms with E-state index >= 15 is 0 Å². The Morgan fingerprint density at radius 1 is 0.950 bits per heavy atom. The third-order valence-corrected chi connectivity index (χ3v) is 4.47. The van der Waals surface area contributed by atoms with Crippen molar-refractivity contribution in [2.24, 2.45) is 5.73 Å².